The lowest BCUT2D eigenvalue weighted by Gasteiger charge is -2.44. The van der Waals surface area contributed by atoms with Gasteiger partial charge in [-0.3, -0.25) is 14.4 Å². The first kappa shape index (κ1) is 17.3. The third-order valence-electron chi connectivity index (χ3n) is 7.80. The second-order valence-corrected chi connectivity index (χ2v) is 10.4. The van der Waals surface area contributed by atoms with E-state index in [4.69, 9.17) is 4.28 Å². The maximum Gasteiger partial charge on any atom is 0.289 e. The van der Waals surface area contributed by atoms with Crippen LogP contribution in [0.1, 0.15) is 40.5 Å². The number of carbonyl (C=O) groups excluding carboxylic acids is 3. The Balaban J connectivity index is 1.35. The third-order valence-corrected chi connectivity index (χ3v) is 9.02. The van der Waals surface area contributed by atoms with Gasteiger partial charge >= 0.3 is 0 Å². The Morgan fingerprint density at radius 3 is 2.17 bits per heavy atom. The van der Waals surface area contributed by atoms with E-state index in [1.807, 2.05) is 6.92 Å². The van der Waals surface area contributed by atoms with Gasteiger partial charge in [-0.05, 0) is 41.2 Å². The number of amides is 2. The van der Waals surface area contributed by atoms with Crippen molar-refractivity contribution < 1.29 is 27.1 Å². The van der Waals surface area contributed by atoms with Crippen molar-refractivity contribution in [2.75, 3.05) is 5.75 Å². The Hall–Kier alpha value is -2.58. The highest BCUT2D eigenvalue weighted by Gasteiger charge is 2.87. The molecule has 0 radical (unpaired) electrons. The van der Waals surface area contributed by atoms with Crippen LogP contribution >= 0.6 is 0 Å². The number of fused-ring (bicyclic) bond motifs is 1. The molecular weight excluding hydrogens is 394 g/mol. The van der Waals surface area contributed by atoms with Crippen LogP contribution < -0.4 is 0 Å². The van der Waals surface area contributed by atoms with E-state index in [1.165, 1.54) is 12.1 Å². The largest absolute Gasteiger partial charge is 0.299 e. The Morgan fingerprint density at radius 1 is 1.03 bits per heavy atom. The summed E-state index contributed by atoms with van der Waals surface area (Å²) < 4.78 is 30.8. The molecule has 7 nitrogen and oxygen atoms in total. The predicted octanol–water partition coefficient (Wildman–Crippen LogP) is 2.31. The lowest BCUT2D eigenvalue weighted by Crippen LogP contribution is -2.52. The van der Waals surface area contributed by atoms with Gasteiger partial charge in [0.15, 0.2) is 0 Å². The van der Waals surface area contributed by atoms with E-state index >= 15 is 0 Å². The lowest BCUT2D eigenvalue weighted by molar-refractivity contribution is -0.135. The van der Waals surface area contributed by atoms with Gasteiger partial charge in [-0.1, -0.05) is 31.2 Å². The zero-order valence-electron chi connectivity index (χ0n) is 15.5. The molecule has 1 heterocycles. The molecule has 2 aromatic carbocycles. The number of hydrogen-bond acceptors (Lipinski definition) is 6. The molecule has 3 aliphatic carbocycles. The van der Waals surface area contributed by atoms with Crippen LogP contribution in [-0.2, 0) is 19.2 Å². The number of benzene rings is 2. The highest BCUT2D eigenvalue weighted by Crippen LogP contribution is 2.86. The summed E-state index contributed by atoms with van der Waals surface area (Å²) in [7, 11) is -4.34. The summed E-state index contributed by atoms with van der Waals surface area (Å²) in [6.07, 6.45) is 0.952. The molecule has 4 aliphatic rings. The molecule has 29 heavy (non-hydrogen) atoms. The Bertz CT molecular complexity index is 1230. The summed E-state index contributed by atoms with van der Waals surface area (Å²) in [5, 5.41) is 1.53. The van der Waals surface area contributed by atoms with Crippen molar-refractivity contribution in [2.45, 2.75) is 19.8 Å². The molecule has 2 amide bonds. The van der Waals surface area contributed by atoms with Crippen LogP contribution in [0.3, 0.4) is 0 Å². The topological polar surface area (TPSA) is 97.8 Å². The first-order valence-electron chi connectivity index (χ1n) is 9.56. The Labute approximate surface area is 166 Å². The first-order valence-corrected chi connectivity index (χ1v) is 11.1. The summed E-state index contributed by atoms with van der Waals surface area (Å²) in [6, 6.07) is 9.97. The van der Waals surface area contributed by atoms with E-state index in [2.05, 4.69) is 0 Å². The standard InChI is InChI=1S/C21H17NO6S/c1-20-14-8-16(23)21(20,9-15(14)20)10-29(26,27)28-22-18(24)12-6-2-4-11-5-3-7-13(17(11)12)19(22)25/h2-7,14-15H,8-10H2,1H3. The fourth-order valence-corrected chi connectivity index (χ4v) is 7.81. The van der Waals surface area contributed by atoms with Crippen molar-refractivity contribution in [3.05, 3.63) is 47.5 Å². The smallest absolute Gasteiger partial charge is 0.289 e. The maximum absolute atomic E-state index is 12.9. The molecule has 0 spiro atoms. The molecule has 8 heteroatoms. The SMILES string of the molecule is CC12C3CC(=O)C1(CS(=O)(=O)ON1C(=O)c4cccc5cccc(c45)C1=O)CC32. The minimum atomic E-state index is -4.34. The summed E-state index contributed by atoms with van der Waals surface area (Å²) in [6.45, 7) is 1.96. The number of nitrogens with zero attached hydrogens (tertiary/aromatic N) is 1. The van der Waals surface area contributed by atoms with Crippen LogP contribution in [0.5, 0.6) is 0 Å². The van der Waals surface area contributed by atoms with Crippen molar-refractivity contribution in [3.63, 3.8) is 0 Å². The molecule has 0 N–H and O–H groups in total. The van der Waals surface area contributed by atoms with E-state index in [0.29, 0.717) is 34.6 Å². The number of hydroxylamine groups is 2. The second-order valence-electron chi connectivity index (χ2n) is 8.80. The van der Waals surface area contributed by atoms with Gasteiger partial charge in [-0.2, -0.15) is 8.42 Å². The van der Waals surface area contributed by atoms with Crippen LogP contribution in [0.25, 0.3) is 10.8 Å². The van der Waals surface area contributed by atoms with Gasteiger partial charge in [-0.25, -0.2) is 0 Å². The summed E-state index contributed by atoms with van der Waals surface area (Å²) in [4.78, 5) is 38.2. The van der Waals surface area contributed by atoms with Gasteiger partial charge < -0.3 is 0 Å². The van der Waals surface area contributed by atoms with Gasteiger partial charge in [0.05, 0.1) is 22.3 Å². The minimum absolute atomic E-state index is 0.0499. The van der Waals surface area contributed by atoms with Gasteiger partial charge in [-0.15, -0.1) is 9.35 Å². The number of carbonyl (C=O) groups is 3. The van der Waals surface area contributed by atoms with Crippen LogP contribution in [-0.4, -0.2) is 36.8 Å². The molecule has 1 aliphatic heterocycles. The molecule has 2 aromatic rings. The van der Waals surface area contributed by atoms with E-state index in [1.54, 1.807) is 24.3 Å². The first-order chi connectivity index (χ1) is 13.7. The van der Waals surface area contributed by atoms with Crippen LogP contribution in [0.2, 0.25) is 0 Å². The molecular formula is C21H17NO6S. The molecule has 0 saturated heterocycles. The summed E-state index contributed by atoms with van der Waals surface area (Å²) in [5.74, 6) is -1.52. The number of ketones is 1. The summed E-state index contributed by atoms with van der Waals surface area (Å²) >= 11 is 0. The van der Waals surface area contributed by atoms with E-state index in [-0.39, 0.29) is 28.2 Å². The molecule has 3 saturated carbocycles. The highest BCUT2D eigenvalue weighted by atomic mass is 32.2. The van der Waals surface area contributed by atoms with E-state index in [9.17, 15) is 22.8 Å². The van der Waals surface area contributed by atoms with E-state index in [0.717, 1.165) is 0 Å². The Morgan fingerprint density at radius 2 is 1.66 bits per heavy atom. The average molecular weight is 411 g/mol. The minimum Gasteiger partial charge on any atom is -0.299 e. The zero-order valence-corrected chi connectivity index (χ0v) is 16.4. The quantitative estimate of drug-likeness (QED) is 0.716. The molecule has 148 valence electrons. The highest BCUT2D eigenvalue weighted by molar-refractivity contribution is 7.86. The molecule has 0 aromatic heterocycles. The molecule has 4 atom stereocenters. The van der Waals surface area contributed by atoms with Crippen molar-refractivity contribution in [1.82, 2.24) is 5.06 Å². The predicted molar refractivity (Wildman–Crippen MR) is 101 cm³/mol. The molecule has 3 fully saturated rings. The summed E-state index contributed by atoms with van der Waals surface area (Å²) in [5.41, 5.74) is -0.808. The molecule has 6 rings (SSSR count). The maximum atomic E-state index is 12.9. The van der Waals surface area contributed by atoms with Gasteiger partial charge in [0.2, 0.25) is 0 Å². The average Bonchev–Trinajstić information content (AvgIpc) is 3.10. The van der Waals surface area contributed by atoms with Gasteiger partial charge in [0.25, 0.3) is 21.9 Å². The van der Waals surface area contributed by atoms with Crippen molar-refractivity contribution in [1.29, 1.82) is 0 Å². The number of rotatable bonds is 4. The van der Waals surface area contributed by atoms with Gasteiger partial charge in [0.1, 0.15) is 5.78 Å². The number of hydrogen-bond donors (Lipinski definition) is 0. The Kier molecular flexibility index (Phi) is 2.94. The normalized spacial score (nSPS) is 34.4. The fourth-order valence-electron chi connectivity index (χ4n) is 6.20. The lowest BCUT2D eigenvalue weighted by atomic mass is 9.60. The number of imide groups is 1. The van der Waals surface area contributed by atoms with Crippen molar-refractivity contribution in [2.24, 2.45) is 22.7 Å². The fraction of sp³-hybridized carbons (Fsp3) is 0.381. The monoisotopic (exact) mass is 411 g/mol. The molecule has 4 unspecified atom stereocenters. The molecule has 0 bridgehead atoms. The van der Waals surface area contributed by atoms with Crippen molar-refractivity contribution >= 4 is 38.5 Å². The second kappa shape index (κ2) is 4.94. The van der Waals surface area contributed by atoms with Gasteiger partial charge in [0, 0.05) is 11.8 Å². The van der Waals surface area contributed by atoms with Crippen LogP contribution in [0, 0.1) is 22.7 Å². The van der Waals surface area contributed by atoms with Crippen LogP contribution in [0.4, 0.5) is 0 Å². The van der Waals surface area contributed by atoms with Crippen molar-refractivity contribution in [3.8, 4) is 0 Å². The van der Waals surface area contributed by atoms with E-state index < -0.39 is 33.1 Å². The zero-order chi connectivity index (χ0) is 20.3. The number of Topliss-reactive ketones (excluding diaryl/α,β-unsaturated/α-hetero) is 1. The third kappa shape index (κ3) is 1.87. The van der Waals surface area contributed by atoms with Crippen LogP contribution in [0.15, 0.2) is 36.4 Å².